The van der Waals surface area contributed by atoms with Crippen molar-refractivity contribution in [2.75, 3.05) is 11.9 Å². The zero-order chi connectivity index (χ0) is 22.9. The average Bonchev–Trinajstić information content (AvgIpc) is 3.65. The number of aliphatic hydroxyl groups is 1. The Hall–Kier alpha value is -3.33. The molecular weight excluding hydrogens is 428 g/mol. The molecule has 2 saturated carbocycles. The Morgan fingerprint density at radius 2 is 1.88 bits per heavy atom. The van der Waals surface area contributed by atoms with Crippen LogP contribution in [0.2, 0.25) is 0 Å². The lowest BCUT2D eigenvalue weighted by Gasteiger charge is -2.25. The van der Waals surface area contributed by atoms with E-state index in [2.05, 4.69) is 25.7 Å². The standard InChI is InChI=1S/C25H30N8O/c34-16-17-7-9-18(10-8-17)22-15-32(31-30-22)23-14-27-24(12-21(23)29-20-5-1-2-6-20)33-25-19(13-28-33)4-3-11-26-25/h3-4,11-15,17-18,20,34H,1-2,5-10,16H2,(H,27,29). The van der Waals surface area contributed by atoms with Crippen molar-refractivity contribution in [2.45, 2.75) is 63.3 Å². The normalized spacial score (nSPS) is 21.3. The van der Waals surface area contributed by atoms with Crippen molar-refractivity contribution in [1.82, 2.24) is 34.7 Å². The number of fused-ring (bicyclic) bond motifs is 1. The molecule has 0 aliphatic heterocycles. The molecule has 2 aliphatic carbocycles. The van der Waals surface area contributed by atoms with Crippen LogP contribution in [0.5, 0.6) is 0 Å². The van der Waals surface area contributed by atoms with E-state index in [1.54, 1.807) is 10.9 Å². The zero-order valence-electron chi connectivity index (χ0n) is 19.2. The number of hydrogen-bond acceptors (Lipinski definition) is 7. The first kappa shape index (κ1) is 21.2. The minimum atomic E-state index is 0.286. The number of aromatic nitrogens is 7. The molecule has 2 fully saturated rings. The van der Waals surface area contributed by atoms with Crippen LogP contribution in [0.1, 0.15) is 63.0 Å². The highest BCUT2D eigenvalue weighted by Gasteiger charge is 2.25. The van der Waals surface area contributed by atoms with E-state index in [4.69, 9.17) is 4.98 Å². The third-order valence-electron chi connectivity index (χ3n) is 7.41. The van der Waals surface area contributed by atoms with Gasteiger partial charge >= 0.3 is 0 Å². The van der Waals surface area contributed by atoms with E-state index in [1.165, 1.54) is 25.7 Å². The summed E-state index contributed by atoms with van der Waals surface area (Å²) in [6.45, 7) is 0.286. The first-order valence-electron chi connectivity index (χ1n) is 12.4. The second-order valence-electron chi connectivity index (χ2n) is 9.65. The molecule has 0 unspecified atom stereocenters. The molecule has 4 heterocycles. The van der Waals surface area contributed by atoms with Gasteiger partial charge in [-0.3, -0.25) is 0 Å². The molecule has 0 bridgehead atoms. The maximum absolute atomic E-state index is 9.44. The zero-order valence-corrected chi connectivity index (χ0v) is 19.2. The third kappa shape index (κ3) is 4.04. The first-order valence-corrected chi connectivity index (χ1v) is 12.4. The average molecular weight is 459 g/mol. The van der Waals surface area contributed by atoms with Crippen molar-refractivity contribution in [1.29, 1.82) is 0 Å². The molecule has 9 heteroatoms. The van der Waals surface area contributed by atoms with Crippen LogP contribution in [0.15, 0.2) is 43.0 Å². The number of nitrogens with zero attached hydrogens (tertiary/aromatic N) is 7. The van der Waals surface area contributed by atoms with Crippen LogP contribution in [0, 0.1) is 5.92 Å². The predicted molar refractivity (Wildman–Crippen MR) is 129 cm³/mol. The van der Waals surface area contributed by atoms with E-state index in [0.717, 1.165) is 59.6 Å². The lowest BCUT2D eigenvalue weighted by molar-refractivity contribution is 0.181. The Morgan fingerprint density at radius 1 is 1.03 bits per heavy atom. The minimum Gasteiger partial charge on any atom is -0.396 e. The number of pyridine rings is 2. The summed E-state index contributed by atoms with van der Waals surface area (Å²) in [7, 11) is 0. The lowest BCUT2D eigenvalue weighted by Crippen LogP contribution is -2.17. The van der Waals surface area contributed by atoms with Gasteiger partial charge in [0.2, 0.25) is 0 Å². The molecule has 2 aliphatic rings. The van der Waals surface area contributed by atoms with Crippen LogP contribution < -0.4 is 5.32 Å². The van der Waals surface area contributed by atoms with Gasteiger partial charge in [0.05, 0.1) is 30.0 Å². The lowest BCUT2D eigenvalue weighted by atomic mass is 9.81. The van der Waals surface area contributed by atoms with Crippen LogP contribution in [0.3, 0.4) is 0 Å². The fourth-order valence-corrected chi connectivity index (χ4v) is 5.39. The SMILES string of the molecule is OCC1CCC(c2cn(-c3cnc(-n4ncc5cccnc54)cc3NC3CCCC3)nn2)CC1. The number of hydrogen-bond donors (Lipinski definition) is 2. The van der Waals surface area contributed by atoms with Crippen molar-refractivity contribution < 1.29 is 5.11 Å². The Bertz CT molecular complexity index is 1270. The van der Waals surface area contributed by atoms with Crippen LogP contribution in [0.25, 0.3) is 22.5 Å². The summed E-state index contributed by atoms with van der Waals surface area (Å²) in [5.74, 6) is 1.55. The number of anilines is 1. The van der Waals surface area contributed by atoms with Crippen LogP contribution >= 0.6 is 0 Å². The Morgan fingerprint density at radius 3 is 2.71 bits per heavy atom. The van der Waals surface area contributed by atoms with E-state index < -0.39 is 0 Å². The first-order chi connectivity index (χ1) is 16.8. The monoisotopic (exact) mass is 458 g/mol. The van der Waals surface area contributed by atoms with Crippen molar-refractivity contribution in [3.05, 3.63) is 48.7 Å². The number of aliphatic hydroxyl groups excluding tert-OH is 1. The van der Waals surface area contributed by atoms with Gasteiger partial charge in [0.15, 0.2) is 11.5 Å². The van der Waals surface area contributed by atoms with E-state index in [9.17, 15) is 5.11 Å². The summed E-state index contributed by atoms with van der Waals surface area (Å²) < 4.78 is 3.63. The minimum absolute atomic E-state index is 0.286. The molecular formula is C25H30N8O. The number of nitrogens with one attached hydrogen (secondary N) is 1. The summed E-state index contributed by atoms with van der Waals surface area (Å²) in [6, 6.07) is 6.40. The smallest absolute Gasteiger partial charge is 0.164 e. The third-order valence-corrected chi connectivity index (χ3v) is 7.41. The van der Waals surface area contributed by atoms with E-state index in [-0.39, 0.29) is 6.61 Å². The predicted octanol–water partition coefficient (Wildman–Crippen LogP) is 4.02. The van der Waals surface area contributed by atoms with Gasteiger partial charge in [0.1, 0.15) is 5.69 Å². The molecule has 34 heavy (non-hydrogen) atoms. The van der Waals surface area contributed by atoms with Gasteiger partial charge < -0.3 is 10.4 Å². The van der Waals surface area contributed by atoms with Crippen molar-refractivity contribution in [2.24, 2.45) is 5.92 Å². The summed E-state index contributed by atoms with van der Waals surface area (Å²) in [5.41, 5.74) is 3.69. The van der Waals surface area contributed by atoms with Gasteiger partial charge in [0, 0.05) is 36.2 Å². The molecule has 2 N–H and O–H groups in total. The Labute approximate surface area is 198 Å². The maximum atomic E-state index is 9.44. The fraction of sp³-hybridized carbons (Fsp3) is 0.480. The van der Waals surface area contributed by atoms with Gasteiger partial charge in [-0.2, -0.15) is 9.78 Å². The summed E-state index contributed by atoms with van der Waals surface area (Å²) >= 11 is 0. The Balaban J connectivity index is 1.33. The molecule has 9 nitrogen and oxygen atoms in total. The molecule has 0 amide bonds. The topological polar surface area (TPSA) is 107 Å². The van der Waals surface area contributed by atoms with Crippen molar-refractivity contribution in [3.63, 3.8) is 0 Å². The molecule has 4 aromatic heterocycles. The number of rotatable bonds is 6. The maximum Gasteiger partial charge on any atom is 0.164 e. The van der Waals surface area contributed by atoms with E-state index in [1.807, 2.05) is 41.5 Å². The highest BCUT2D eigenvalue weighted by atomic mass is 16.3. The van der Waals surface area contributed by atoms with Gasteiger partial charge in [-0.15, -0.1) is 5.10 Å². The highest BCUT2D eigenvalue weighted by molar-refractivity contribution is 5.76. The second-order valence-corrected chi connectivity index (χ2v) is 9.65. The van der Waals surface area contributed by atoms with Gasteiger partial charge in [-0.1, -0.05) is 18.1 Å². The quantitative estimate of drug-likeness (QED) is 0.449. The van der Waals surface area contributed by atoms with Crippen LogP contribution in [0.4, 0.5) is 5.69 Å². The van der Waals surface area contributed by atoms with Crippen LogP contribution in [-0.4, -0.2) is 52.5 Å². The molecule has 0 saturated heterocycles. The fourth-order valence-electron chi connectivity index (χ4n) is 5.39. The van der Waals surface area contributed by atoms with Gasteiger partial charge in [-0.05, 0) is 56.6 Å². The largest absolute Gasteiger partial charge is 0.396 e. The molecule has 0 aromatic carbocycles. The Kier molecular flexibility index (Phi) is 5.70. The van der Waals surface area contributed by atoms with Crippen molar-refractivity contribution >= 4 is 16.7 Å². The summed E-state index contributed by atoms with van der Waals surface area (Å²) in [4.78, 5) is 9.22. The second kappa shape index (κ2) is 9.13. The molecule has 4 aromatic rings. The van der Waals surface area contributed by atoms with Crippen LogP contribution in [-0.2, 0) is 0 Å². The van der Waals surface area contributed by atoms with E-state index in [0.29, 0.717) is 17.9 Å². The molecule has 0 spiro atoms. The van der Waals surface area contributed by atoms with E-state index >= 15 is 0 Å². The highest BCUT2D eigenvalue weighted by Crippen LogP contribution is 2.35. The van der Waals surface area contributed by atoms with Gasteiger partial charge in [0.25, 0.3) is 0 Å². The van der Waals surface area contributed by atoms with Gasteiger partial charge in [-0.25, -0.2) is 14.6 Å². The summed E-state index contributed by atoms with van der Waals surface area (Å²) in [6.07, 6.45) is 16.5. The summed E-state index contributed by atoms with van der Waals surface area (Å²) in [5, 5.41) is 27.7. The molecule has 176 valence electrons. The molecule has 6 rings (SSSR count). The molecule has 0 radical (unpaired) electrons. The molecule has 0 atom stereocenters. The van der Waals surface area contributed by atoms with Crippen molar-refractivity contribution in [3.8, 4) is 11.5 Å².